The number of likely N-dealkylation sites (N-methyl/N-ethyl adjacent to an activating group) is 1. The molecule has 2 aromatic heterocycles. The van der Waals surface area contributed by atoms with Crippen molar-refractivity contribution in [2.75, 3.05) is 26.0 Å². The van der Waals surface area contributed by atoms with Gasteiger partial charge >= 0.3 is 0 Å². The first kappa shape index (κ1) is 20.9. The Kier molecular flexibility index (Phi) is 6.69. The summed E-state index contributed by atoms with van der Waals surface area (Å²) in [5.41, 5.74) is 0.942. The normalized spacial score (nSPS) is 13.3. The summed E-state index contributed by atoms with van der Waals surface area (Å²) in [6.45, 7) is 0.962. The van der Waals surface area contributed by atoms with Crippen molar-refractivity contribution >= 4 is 33.6 Å². The van der Waals surface area contributed by atoms with E-state index in [-0.39, 0.29) is 5.91 Å². The van der Waals surface area contributed by atoms with Crippen molar-refractivity contribution in [2.45, 2.75) is 24.0 Å². The van der Waals surface area contributed by atoms with Crippen LogP contribution in [0, 0.1) is 0 Å². The Hall–Kier alpha value is -2.39. The van der Waals surface area contributed by atoms with Gasteiger partial charge in [-0.1, -0.05) is 27.7 Å². The van der Waals surface area contributed by atoms with Crippen LogP contribution in [0.1, 0.15) is 18.9 Å². The molecule has 1 aliphatic rings. The summed E-state index contributed by atoms with van der Waals surface area (Å²) in [6.07, 6.45) is 5.76. The van der Waals surface area contributed by atoms with Crippen LogP contribution in [0.3, 0.4) is 0 Å². The molecule has 0 atom stereocenters. The molecule has 1 fully saturated rings. The van der Waals surface area contributed by atoms with Crippen LogP contribution in [0.2, 0.25) is 0 Å². The zero-order chi connectivity index (χ0) is 20.9. The van der Waals surface area contributed by atoms with Crippen molar-refractivity contribution in [3.05, 3.63) is 53.3 Å². The third-order valence-electron chi connectivity index (χ3n) is 4.76. The standard InChI is InChI=1S/C21H22BrN5O2S/c1-26(11-12-29-18-8-4-16(22)5-9-18)19(28)14-30-21-25-24-20(27(21)17-6-7-17)15-3-2-10-23-13-15/h2-5,8-10,13,17H,6-7,11-12,14H2,1H3. The van der Waals surface area contributed by atoms with Crippen LogP contribution in [0.25, 0.3) is 11.4 Å². The van der Waals surface area contributed by atoms with Crippen LogP contribution in [-0.4, -0.2) is 56.5 Å². The molecule has 0 spiro atoms. The highest BCUT2D eigenvalue weighted by atomic mass is 79.9. The van der Waals surface area contributed by atoms with Crippen molar-refractivity contribution in [1.82, 2.24) is 24.6 Å². The number of hydrogen-bond donors (Lipinski definition) is 0. The smallest absolute Gasteiger partial charge is 0.232 e. The molecule has 7 nitrogen and oxygen atoms in total. The summed E-state index contributed by atoms with van der Waals surface area (Å²) < 4.78 is 8.85. The van der Waals surface area contributed by atoms with Gasteiger partial charge < -0.3 is 9.64 Å². The molecular weight excluding hydrogens is 466 g/mol. The van der Waals surface area contributed by atoms with E-state index in [9.17, 15) is 4.79 Å². The molecular formula is C21H22BrN5O2S. The number of aromatic nitrogens is 4. The topological polar surface area (TPSA) is 73.1 Å². The molecule has 1 aliphatic carbocycles. The quantitative estimate of drug-likeness (QED) is 0.423. The van der Waals surface area contributed by atoms with Gasteiger partial charge in [0.25, 0.3) is 0 Å². The van der Waals surface area contributed by atoms with E-state index in [0.29, 0.717) is 24.9 Å². The van der Waals surface area contributed by atoms with E-state index in [2.05, 4.69) is 35.7 Å². The lowest BCUT2D eigenvalue weighted by molar-refractivity contribution is -0.127. The lowest BCUT2D eigenvalue weighted by Crippen LogP contribution is -2.32. The number of benzene rings is 1. The van der Waals surface area contributed by atoms with Gasteiger partial charge in [-0.25, -0.2) is 0 Å². The number of ether oxygens (including phenoxy) is 1. The fourth-order valence-electron chi connectivity index (χ4n) is 2.92. The first-order valence-electron chi connectivity index (χ1n) is 9.72. The van der Waals surface area contributed by atoms with E-state index in [0.717, 1.165) is 39.6 Å². The summed E-state index contributed by atoms with van der Waals surface area (Å²) in [6, 6.07) is 11.9. The van der Waals surface area contributed by atoms with E-state index in [1.807, 2.05) is 36.4 Å². The number of carbonyl (C=O) groups excluding carboxylic acids is 1. The summed E-state index contributed by atoms with van der Waals surface area (Å²) in [7, 11) is 1.79. The number of halogens is 1. The third-order valence-corrected chi connectivity index (χ3v) is 6.21. The summed E-state index contributed by atoms with van der Waals surface area (Å²) in [5.74, 6) is 1.95. The first-order chi connectivity index (χ1) is 14.6. The number of thioether (sulfide) groups is 1. The Labute approximate surface area is 188 Å². The van der Waals surface area contributed by atoms with E-state index < -0.39 is 0 Å². The fourth-order valence-corrected chi connectivity index (χ4v) is 4.13. The number of pyridine rings is 1. The summed E-state index contributed by atoms with van der Waals surface area (Å²) >= 11 is 4.83. The van der Waals surface area contributed by atoms with Gasteiger partial charge in [-0.2, -0.15) is 0 Å². The Morgan fingerprint density at radius 3 is 2.77 bits per heavy atom. The minimum Gasteiger partial charge on any atom is -0.492 e. The highest BCUT2D eigenvalue weighted by Gasteiger charge is 2.30. The van der Waals surface area contributed by atoms with Gasteiger partial charge in [-0.05, 0) is 49.2 Å². The van der Waals surface area contributed by atoms with Gasteiger partial charge in [0, 0.05) is 35.5 Å². The van der Waals surface area contributed by atoms with Gasteiger partial charge in [0.05, 0.1) is 12.3 Å². The minimum atomic E-state index is 0.0349. The molecule has 0 saturated heterocycles. The average Bonchev–Trinajstić information content (AvgIpc) is 3.52. The Bertz CT molecular complexity index is 992. The van der Waals surface area contributed by atoms with Crippen LogP contribution >= 0.6 is 27.7 Å². The number of rotatable bonds is 9. The summed E-state index contributed by atoms with van der Waals surface area (Å²) in [4.78, 5) is 18.4. The Balaban J connectivity index is 1.31. The van der Waals surface area contributed by atoms with E-state index in [1.54, 1.807) is 24.3 Å². The van der Waals surface area contributed by atoms with Gasteiger partial charge in [0.2, 0.25) is 5.91 Å². The van der Waals surface area contributed by atoms with Gasteiger partial charge in [-0.3, -0.25) is 14.3 Å². The van der Waals surface area contributed by atoms with Crippen LogP contribution in [-0.2, 0) is 4.79 Å². The van der Waals surface area contributed by atoms with Crippen molar-refractivity contribution in [3.63, 3.8) is 0 Å². The molecule has 0 N–H and O–H groups in total. The maximum atomic E-state index is 12.6. The fraction of sp³-hybridized carbons (Fsp3) is 0.333. The number of amides is 1. The number of carbonyl (C=O) groups is 1. The largest absolute Gasteiger partial charge is 0.492 e. The Morgan fingerprint density at radius 1 is 1.27 bits per heavy atom. The van der Waals surface area contributed by atoms with Gasteiger partial charge in [-0.15, -0.1) is 10.2 Å². The minimum absolute atomic E-state index is 0.0349. The lowest BCUT2D eigenvalue weighted by Gasteiger charge is -2.17. The van der Waals surface area contributed by atoms with Crippen molar-refractivity contribution in [1.29, 1.82) is 0 Å². The lowest BCUT2D eigenvalue weighted by atomic mass is 10.3. The monoisotopic (exact) mass is 487 g/mol. The summed E-state index contributed by atoms with van der Waals surface area (Å²) in [5, 5.41) is 9.49. The van der Waals surface area contributed by atoms with E-state index in [1.165, 1.54) is 11.8 Å². The van der Waals surface area contributed by atoms with Crippen LogP contribution in [0.15, 0.2) is 58.4 Å². The predicted octanol–water partition coefficient (Wildman–Crippen LogP) is 4.07. The molecule has 0 unspecified atom stereocenters. The number of hydrogen-bond acceptors (Lipinski definition) is 6. The molecule has 2 heterocycles. The van der Waals surface area contributed by atoms with Gasteiger partial charge in [0.1, 0.15) is 12.4 Å². The maximum absolute atomic E-state index is 12.6. The second kappa shape index (κ2) is 9.61. The van der Waals surface area contributed by atoms with Crippen molar-refractivity contribution < 1.29 is 9.53 Å². The van der Waals surface area contributed by atoms with Crippen LogP contribution < -0.4 is 4.74 Å². The molecule has 0 bridgehead atoms. The molecule has 0 radical (unpaired) electrons. The SMILES string of the molecule is CN(CCOc1ccc(Br)cc1)C(=O)CSc1nnc(-c2cccnc2)n1C1CC1. The molecule has 0 aliphatic heterocycles. The molecule has 1 aromatic carbocycles. The zero-order valence-electron chi connectivity index (χ0n) is 16.6. The zero-order valence-corrected chi connectivity index (χ0v) is 19.0. The molecule has 1 saturated carbocycles. The average molecular weight is 488 g/mol. The molecule has 9 heteroatoms. The third kappa shape index (κ3) is 5.20. The molecule has 156 valence electrons. The van der Waals surface area contributed by atoms with Crippen LogP contribution in [0.5, 0.6) is 5.75 Å². The second-order valence-electron chi connectivity index (χ2n) is 7.06. The van der Waals surface area contributed by atoms with Crippen LogP contribution in [0.4, 0.5) is 0 Å². The predicted molar refractivity (Wildman–Crippen MR) is 120 cm³/mol. The van der Waals surface area contributed by atoms with E-state index in [4.69, 9.17) is 4.74 Å². The molecule has 4 rings (SSSR count). The second-order valence-corrected chi connectivity index (χ2v) is 8.91. The molecule has 1 amide bonds. The maximum Gasteiger partial charge on any atom is 0.232 e. The molecule has 3 aromatic rings. The van der Waals surface area contributed by atoms with Crippen molar-refractivity contribution in [2.24, 2.45) is 0 Å². The highest BCUT2D eigenvalue weighted by Crippen LogP contribution is 2.40. The van der Waals surface area contributed by atoms with E-state index >= 15 is 0 Å². The first-order valence-corrected chi connectivity index (χ1v) is 11.5. The highest BCUT2D eigenvalue weighted by molar-refractivity contribution is 9.10. The van der Waals surface area contributed by atoms with Gasteiger partial charge in [0.15, 0.2) is 11.0 Å². The Morgan fingerprint density at radius 2 is 2.07 bits per heavy atom. The molecule has 30 heavy (non-hydrogen) atoms. The number of nitrogens with zero attached hydrogens (tertiary/aromatic N) is 5. The van der Waals surface area contributed by atoms with Crippen molar-refractivity contribution in [3.8, 4) is 17.1 Å².